The maximum atomic E-state index is 10.8. The Morgan fingerprint density at radius 2 is 1.86 bits per heavy atom. The van der Waals surface area contributed by atoms with Crippen molar-refractivity contribution >= 4 is 16.1 Å². The largest absolute Gasteiger partial charge is 0.478 e. The second-order valence-corrected chi connectivity index (χ2v) is 4.32. The van der Waals surface area contributed by atoms with Gasteiger partial charge in [0.25, 0.3) is 10.1 Å². The Morgan fingerprint density at radius 1 is 1.43 bits per heavy atom. The molecule has 0 aliphatic heterocycles. The van der Waals surface area contributed by atoms with E-state index in [0.717, 1.165) is 6.08 Å². The van der Waals surface area contributed by atoms with Crippen molar-refractivity contribution in [2.24, 2.45) is 0 Å². The predicted molar refractivity (Wildman–Crippen MR) is 51.5 cm³/mol. The van der Waals surface area contributed by atoms with E-state index in [1.165, 1.54) is 13.8 Å². The molecule has 0 heterocycles. The standard InChI is InChI=1S/C8H12O5S/c1-4-7(14(11,12)13)5(2)6(3)8(9)10/h4,7H,1H2,2-3H3,(H,9,10)(H,11,12,13). The first kappa shape index (κ1) is 12.9. The number of carboxylic acid groups (broad SMARTS) is 1. The minimum Gasteiger partial charge on any atom is -0.478 e. The van der Waals surface area contributed by atoms with E-state index < -0.39 is 21.3 Å². The van der Waals surface area contributed by atoms with E-state index in [2.05, 4.69) is 6.58 Å². The third kappa shape index (κ3) is 2.97. The van der Waals surface area contributed by atoms with Crippen molar-refractivity contribution in [3.8, 4) is 0 Å². The summed E-state index contributed by atoms with van der Waals surface area (Å²) in [6.45, 7) is 5.81. The van der Waals surface area contributed by atoms with Gasteiger partial charge >= 0.3 is 5.97 Å². The normalized spacial score (nSPS) is 15.6. The molecule has 0 radical (unpaired) electrons. The fourth-order valence-corrected chi connectivity index (χ4v) is 1.77. The lowest BCUT2D eigenvalue weighted by Gasteiger charge is -2.11. The molecular formula is C8H12O5S. The van der Waals surface area contributed by atoms with Gasteiger partial charge in [-0.3, -0.25) is 4.55 Å². The molecule has 0 bridgehead atoms. The SMILES string of the molecule is C=CC(C(C)=C(C)C(=O)O)S(=O)(=O)O. The molecule has 2 N–H and O–H groups in total. The van der Waals surface area contributed by atoms with Crippen LogP contribution in [0.25, 0.3) is 0 Å². The summed E-state index contributed by atoms with van der Waals surface area (Å²) in [7, 11) is -4.33. The summed E-state index contributed by atoms with van der Waals surface area (Å²) in [6.07, 6.45) is 0.983. The third-order valence-electron chi connectivity index (χ3n) is 1.87. The topological polar surface area (TPSA) is 91.7 Å². The lowest BCUT2D eigenvalue weighted by molar-refractivity contribution is -0.132. The van der Waals surface area contributed by atoms with Gasteiger partial charge in [0.15, 0.2) is 0 Å². The molecule has 1 unspecified atom stereocenters. The average Bonchev–Trinajstić information content (AvgIpc) is 2.01. The molecule has 6 heteroatoms. The minimum atomic E-state index is -4.33. The lowest BCUT2D eigenvalue weighted by Crippen LogP contribution is -2.21. The van der Waals surface area contributed by atoms with E-state index in [1.807, 2.05) is 0 Å². The van der Waals surface area contributed by atoms with Crippen molar-refractivity contribution in [2.75, 3.05) is 0 Å². The van der Waals surface area contributed by atoms with E-state index in [1.54, 1.807) is 0 Å². The molecule has 0 amide bonds. The van der Waals surface area contributed by atoms with Crippen LogP contribution in [0.15, 0.2) is 23.8 Å². The highest BCUT2D eigenvalue weighted by Gasteiger charge is 2.24. The first-order valence-electron chi connectivity index (χ1n) is 3.71. The van der Waals surface area contributed by atoms with Gasteiger partial charge in [-0.25, -0.2) is 4.79 Å². The van der Waals surface area contributed by atoms with Gasteiger partial charge < -0.3 is 5.11 Å². The zero-order valence-corrected chi connectivity index (χ0v) is 8.71. The van der Waals surface area contributed by atoms with Gasteiger partial charge in [0.05, 0.1) is 0 Å². The van der Waals surface area contributed by atoms with Crippen LogP contribution in [-0.4, -0.2) is 29.3 Å². The lowest BCUT2D eigenvalue weighted by atomic mass is 10.1. The molecule has 0 spiro atoms. The summed E-state index contributed by atoms with van der Waals surface area (Å²) < 4.78 is 30.3. The monoisotopic (exact) mass is 220 g/mol. The summed E-state index contributed by atoms with van der Waals surface area (Å²) in [5.74, 6) is -1.22. The zero-order valence-electron chi connectivity index (χ0n) is 7.89. The Balaban J connectivity index is 5.40. The van der Waals surface area contributed by atoms with Crippen molar-refractivity contribution in [3.63, 3.8) is 0 Å². The third-order valence-corrected chi connectivity index (χ3v) is 3.06. The molecular weight excluding hydrogens is 208 g/mol. The van der Waals surface area contributed by atoms with Crippen LogP contribution >= 0.6 is 0 Å². The van der Waals surface area contributed by atoms with Crippen molar-refractivity contribution in [2.45, 2.75) is 19.1 Å². The van der Waals surface area contributed by atoms with Crippen LogP contribution in [0.1, 0.15) is 13.8 Å². The maximum absolute atomic E-state index is 10.8. The fourth-order valence-electron chi connectivity index (χ4n) is 0.904. The molecule has 0 aliphatic rings. The molecule has 0 saturated heterocycles. The van der Waals surface area contributed by atoms with Gasteiger partial charge in [0.2, 0.25) is 0 Å². The number of carboxylic acids is 1. The molecule has 14 heavy (non-hydrogen) atoms. The minimum absolute atomic E-state index is 0.0509. The summed E-state index contributed by atoms with van der Waals surface area (Å²) >= 11 is 0. The van der Waals surface area contributed by atoms with Crippen LogP contribution in [0.5, 0.6) is 0 Å². The number of rotatable bonds is 4. The Hall–Kier alpha value is -1.14. The van der Waals surface area contributed by atoms with E-state index in [-0.39, 0.29) is 11.1 Å². The molecule has 0 fully saturated rings. The molecule has 5 nitrogen and oxygen atoms in total. The first-order valence-corrected chi connectivity index (χ1v) is 5.21. The molecule has 1 atom stereocenters. The Bertz CT molecular complexity index is 377. The van der Waals surface area contributed by atoms with Gasteiger partial charge in [0, 0.05) is 5.57 Å². The molecule has 0 aromatic carbocycles. The number of aliphatic carboxylic acids is 1. The van der Waals surface area contributed by atoms with Crippen molar-refractivity contribution in [3.05, 3.63) is 23.8 Å². The van der Waals surface area contributed by atoms with Gasteiger partial charge in [-0.15, -0.1) is 6.58 Å². The highest BCUT2D eigenvalue weighted by atomic mass is 32.2. The Labute approximate surface area is 82.5 Å². The second kappa shape index (κ2) is 4.39. The molecule has 0 aliphatic carbocycles. The first-order chi connectivity index (χ1) is 6.21. The fraction of sp³-hybridized carbons (Fsp3) is 0.375. The molecule has 0 aromatic heterocycles. The van der Waals surface area contributed by atoms with Gasteiger partial charge in [-0.05, 0) is 19.4 Å². The van der Waals surface area contributed by atoms with E-state index in [9.17, 15) is 13.2 Å². The second-order valence-electron chi connectivity index (χ2n) is 2.78. The summed E-state index contributed by atoms with van der Waals surface area (Å²) in [5.41, 5.74) is -0.0671. The van der Waals surface area contributed by atoms with Gasteiger partial charge in [-0.2, -0.15) is 8.42 Å². The van der Waals surface area contributed by atoms with E-state index in [4.69, 9.17) is 9.66 Å². The molecule has 0 aromatic rings. The summed E-state index contributed by atoms with van der Waals surface area (Å²) in [6, 6.07) is 0. The van der Waals surface area contributed by atoms with Gasteiger partial charge in [-0.1, -0.05) is 6.08 Å². The van der Waals surface area contributed by atoms with Gasteiger partial charge in [0.1, 0.15) is 5.25 Å². The number of hydrogen-bond donors (Lipinski definition) is 2. The summed E-state index contributed by atoms with van der Waals surface area (Å²) in [4.78, 5) is 10.5. The van der Waals surface area contributed by atoms with Crippen LogP contribution < -0.4 is 0 Å². The molecule has 80 valence electrons. The summed E-state index contributed by atoms with van der Waals surface area (Å²) in [5, 5.41) is 7.23. The number of hydrogen-bond acceptors (Lipinski definition) is 3. The molecule has 0 rings (SSSR count). The highest BCUT2D eigenvalue weighted by Crippen LogP contribution is 2.16. The smallest absolute Gasteiger partial charge is 0.331 e. The van der Waals surface area contributed by atoms with Crippen LogP contribution in [0.2, 0.25) is 0 Å². The Morgan fingerprint density at radius 3 is 2.07 bits per heavy atom. The predicted octanol–water partition coefficient (Wildman–Crippen LogP) is 0.850. The zero-order chi connectivity index (χ0) is 11.5. The van der Waals surface area contributed by atoms with Crippen LogP contribution in [0.4, 0.5) is 0 Å². The Kier molecular flexibility index (Phi) is 4.03. The maximum Gasteiger partial charge on any atom is 0.331 e. The van der Waals surface area contributed by atoms with Crippen LogP contribution in [0.3, 0.4) is 0 Å². The quantitative estimate of drug-likeness (QED) is 0.416. The highest BCUT2D eigenvalue weighted by molar-refractivity contribution is 7.86. The van der Waals surface area contributed by atoms with Crippen LogP contribution in [0, 0.1) is 0 Å². The molecule has 0 saturated carbocycles. The number of carbonyl (C=O) groups is 1. The van der Waals surface area contributed by atoms with Crippen molar-refractivity contribution < 1.29 is 22.9 Å². The van der Waals surface area contributed by atoms with Crippen molar-refractivity contribution in [1.29, 1.82) is 0 Å². The average molecular weight is 220 g/mol. The van der Waals surface area contributed by atoms with Crippen molar-refractivity contribution in [1.82, 2.24) is 0 Å². The van der Waals surface area contributed by atoms with E-state index in [0.29, 0.717) is 0 Å². The van der Waals surface area contributed by atoms with E-state index >= 15 is 0 Å². The van der Waals surface area contributed by atoms with Crippen LogP contribution in [-0.2, 0) is 14.9 Å².